The van der Waals surface area contributed by atoms with Crippen molar-refractivity contribution in [2.45, 2.75) is 13.3 Å². The smallest absolute Gasteiger partial charge is 0.230 e. The van der Waals surface area contributed by atoms with Crippen molar-refractivity contribution in [2.75, 3.05) is 5.32 Å². The van der Waals surface area contributed by atoms with E-state index in [0.717, 1.165) is 5.56 Å². The summed E-state index contributed by atoms with van der Waals surface area (Å²) in [6.07, 6.45) is 0.137. The number of halogens is 2. The quantitative estimate of drug-likeness (QED) is 0.537. The van der Waals surface area contributed by atoms with Gasteiger partial charge in [-0.2, -0.15) is 9.78 Å². The maximum atomic E-state index is 13.9. The minimum absolute atomic E-state index is 0.137. The Balaban J connectivity index is 1.63. The summed E-state index contributed by atoms with van der Waals surface area (Å²) in [6.45, 7) is 1.81. The van der Waals surface area contributed by atoms with Gasteiger partial charge in [-0.1, -0.05) is 47.2 Å². The Bertz CT molecular complexity index is 1150. The lowest BCUT2D eigenvalue weighted by Crippen LogP contribution is -2.17. The summed E-state index contributed by atoms with van der Waals surface area (Å²) in [5.41, 5.74) is 1.74. The van der Waals surface area contributed by atoms with Crippen LogP contribution >= 0.6 is 22.9 Å². The number of carbonyl (C=O) groups excluding carboxylic acids is 1. The number of fused-ring (bicyclic) bond motifs is 1. The van der Waals surface area contributed by atoms with E-state index in [9.17, 15) is 9.18 Å². The second kappa shape index (κ2) is 7.09. The van der Waals surface area contributed by atoms with E-state index < -0.39 is 0 Å². The molecule has 0 spiro atoms. The van der Waals surface area contributed by atoms with Gasteiger partial charge >= 0.3 is 0 Å². The third-order valence-corrected chi connectivity index (χ3v) is 5.31. The van der Waals surface area contributed by atoms with Crippen LogP contribution in [-0.4, -0.2) is 20.7 Å². The number of thiazole rings is 1. The Hall–Kier alpha value is -2.77. The molecule has 0 atom stereocenters. The molecule has 4 aromatic rings. The number of rotatable bonds is 4. The summed E-state index contributed by atoms with van der Waals surface area (Å²) >= 11 is 7.42. The fourth-order valence-electron chi connectivity index (χ4n) is 2.73. The number of amides is 1. The third-order valence-electron chi connectivity index (χ3n) is 3.95. The number of nitrogens with zero attached hydrogens (tertiary/aromatic N) is 3. The van der Waals surface area contributed by atoms with Crippen molar-refractivity contribution in [1.82, 2.24) is 14.8 Å². The number of hydrogen-bond acceptors (Lipinski definition) is 4. The molecule has 0 radical (unpaired) electrons. The number of anilines is 1. The van der Waals surface area contributed by atoms with Gasteiger partial charge in [0.2, 0.25) is 11.0 Å². The Morgan fingerprint density at radius 2 is 2.07 bits per heavy atom. The zero-order valence-corrected chi connectivity index (χ0v) is 15.8. The maximum absolute atomic E-state index is 13.9. The van der Waals surface area contributed by atoms with Gasteiger partial charge in [0.25, 0.3) is 0 Å². The van der Waals surface area contributed by atoms with Gasteiger partial charge in [0.05, 0.1) is 16.8 Å². The molecule has 5 nitrogen and oxygen atoms in total. The molecule has 0 saturated heterocycles. The molecule has 1 N–H and O–H groups in total. The number of carbonyl (C=O) groups is 1. The normalized spacial score (nSPS) is 11.1. The predicted octanol–water partition coefficient (Wildman–Crippen LogP) is 4.76. The Morgan fingerprint density at radius 1 is 1.26 bits per heavy atom. The summed E-state index contributed by atoms with van der Waals surface area (Å²) in [6, 6.07) is 13.7. The van der Waals surface area contributed by atoms with Crippen LogP contribution in [0.2, 0.25) is 5.02 Å². The van der Waals surface area contributed by atoms with Gasteiger partial charge in [-0.3, -0.25) is 4.79 Å². The molecule has 2 aromatic carbocycles. The summed E-state index contributed by atoms with van der Waals surface area (Å²) in [7, 11) is 0. The lowest BCUT2D eigenvalue weighted by atomic mass is 10.1. The zero-order chi connectivity index (χ0) is 19.0. The second-order valence-electron chi connectivity index (χ2n) is 5.98. The lowest BCUT2D eigenvalue weighted by Gasteiger charge is -2.07. The van der Waals surface area contributed by atoms with Crippen molar-refractivity contribution < 1.29 is 9.18 Å². The summed E-state index contributed by atoms with van der Waals surface area (Å²) in [5.74, 6) is -0.135. The molecule has 1 amide bonds. The van der Waals surface area contributed by atoms with E-state index >= 15 is 0 Å². The van der Waals surface area contributed by atoms with Crippen molar-refractivity contribution in [2.24, 2.45) is 0 Å². The van der Waals surface area contributed by atoms with E-state index in [4.69, 9.17) is 11.6 Å². The van der Waals surface area contributed by atoms with Gasteiger partial charge < -0.3 is 5.32 Å². The molecule has 8 heteroatoms. The molecule has 0 aliphatic rings. The SMILES string of the molecule is Cc1cc(NC(=O)Cc2ccccc2Cl)n(-c2nc3c(F)cccc3s2)n1. The Morgan fingerprint density at radius 3 is 2.85 bits per heavy atom. The first-order chi connectivity index (χ1) is 13.0. The Labute approximate surface area is 163 Å². The van der Waals surface area contributed by atoms with Crippen molar-refractivity contribution in [1.29, 1.82) is 0 Å². The van der Waals surface area contributed by atoms with Crippen molar-refractivity contribution in [3.8, 4) is 5.13 Å². The van der Waals surface area contributed by atoms with E-state index in [1.807, 2.05) is 19.1 Å². The van der Waals surface area contributed by atoms with E-state index in [1.165, 1.54) is 22.1 Å². The van der Waals surface area contributed by atoms with Gasteiger partial charge in [-0.25, -0.2) is 9.37 Å². The first kappa shape index (κ1) is 17.6. The van der Waals surface area contributed by atoms with Crippen LogP contribution in [-0.2, 0) is 11.2 Å². The first-order valence-electron chi connectivity index (χ1n) is 8.16. The topological polar surface area (TPSA) is 59.8 Å². The average molecular weight is 401 g/mol. The fourth-order valence-corrected chi connectivity index (χ4v) is 3.88. The number of nitrogens with one attached hydrogen (secondary N) is 1. The minimum Gasteiger partial charge on any atom is -0.310 e. The Kier molecular flexibility index (Phi) is 4.63. The molecular weight excluding hydrogens is 387 g/mol. The highest BCUT2D eigenvalue weighted by atomic mass is 35.5. The van der Waals surface area contributed by atoms with Gasteiger partial charge in [0, 0.05) is 11.1 Å². The molecule has 0 saturated carbocycles. The molecule has 0 aliphatic heterocycles. The second-order valence-corrected chi connectivity index (χ2v) is 7.40. The van der Waals surface area contributed by atoms with Crippen LogP contribution < -0.4 is 5.32 Å². The summed E-state index contributed by atoms with van der Waals surface area (Å²) in [4.78, 5) is 16.8. The largest absolute Gasteiger partial charge is 0.310 e. The number of para-hydroxylation sites is 1. The maximum Gasteiger partial charge on any atom is 0.230 e. The highest BCUT2D eigenvalue weighted by molar-refractivity contribution is 7.20. The molecule has 0 aliphatic carbocycles. The lowest BCUT2D eigenvalue weighted by molar-refractivity contribution is -0.115. The molecule has 27 heavy (non-hydrogen) atoms. The molecule has 2 heterocycles. The van der Waals surface area contributed by atoms with Crippen LogP contribution in [0.25, 0.3) is 15.3 Å². The summed E-state index contributed by atoms with van der Waals surface area (Å²) in [5, 5.41) is 8.25. The van der Waals surface area contributed by atoms with Crippen LogP contribution in [0.1, 0.15) is 11.3 Å². The molecule has 136 valence electrons. The highest BCUT2D eigenvalue weighted by Gasteiger charge is 2.16. The molecular formula is C19H14ClFN4OS. The first-order valence-corrected chi connectivity index (χ1v) is 9.36. The molecule has 2 aromatic heterocycles. The zero-order valence-electron chi connectivity index (χ0n) is 14.2. The van der Waals surface area contributed by atoms with E-state index in [2.05, 4.69) is 15.4 Å². The third kappa shape index (κ3) is 3.56. The minimum atomic E-state index is -0.386. The fraction of sp³-hybridized carbons (Fsp3) is 0.105. The number of aromatic nitrogens is 3. The van der Waals surface area contributed by atoms with Crippen molar-refractivity contribution in [3.63, 3.8) is 0 Å². The van der Waals surface area contributed by atoms with Crippen LogP contribution in [0.4, 0.5) is 10.2 Å². The standard InChI is InChI=1S/C19H14ClFN4OS/c1-11-9-16(22-17(26)10-12-5-2-3-6-13(12)20)25(24-11)19-23-18-14(21)7-4-8-15(18)27-19/h2-9H,10H2,1H3,(H,22,26). The average Bonchev–Trinajstić information content (AvgIpc) is 3.21. The number of hydrogen-bond donors (Lipinski definition) is 1. The van der Waals surface area contributed by atoms with E-state index in [0.29, 0.717) is 31.9 Å². The highest BCUT2D eigenvalue weighted by Crippen LogP contribution is 2.28. The molecule has 4 rings (SSSR count). The van der Waals surface area contributed by atoms with Gasteiger partial charge in [-0.15, -0.1) is 0 Å². The van der Waals surface area contributed by atoms with Crippen LogP contribution in [0.3, 0.4) is 0 Å². The molecule has 0 fully saturated rings. The van der Waals surface area contributed by atoms with Gasteiger partial charge in [0.1, 0.15) is 17.2 Å². The number of benzene rings is 2. The monoisotopic (exact) mass is 400 g/mol. The molecule has 0 unspecified atom stereocenters. The van der Waals surface area contributed by atoms with Gasteiger partial charge in [0.15, 0.2) is 0 Å². The van der Waals surface area contributed by atoms with E-state index in [-0.39, 0.29) is 18.1 Å². The van der Waals surface area contributed by atoms with Gasteiger partial charge in [-0.05, 0) is 30.7 Å². The van der Waals surface area contributed by atoms with Crippen LogP contribution in [0.15, 0.2) is 48.5 Å². The van der Waals surface area contributed by atoms with Crippen molar-refractivity contribution >= 4 is 44.9 Å². The van der Waals surface area contributed by atoms with E-state index in [1.54, 1.807) is 30.3 Å². The molecule has 0 bridgehead atoms. The summed E-state index contributed by atoms with van der Waals surface area (Å²) < 4.78 is 16.2. The number of aryl methyl sites for hydroxylation is 1. The van der Waals surface area contributed by atoms with Crippen molar-refractivity contribution in [3.05, 3.63) is 70.6 Å². The van der Waals surface area contributed by atoms with Crippen LogP contribution in [0, 0.1) is 12.7 Å². The predicted molar refractivity (Wildman–Crippen MR) is 105 cm³/mol. The van der Waals surface area contributed by atoms with Crippen LogP contribution in [0.5, 0.6) is 0 Å².